The predicted octanol–water partition coefficient (Wildman–Crippen LogP) is 3.30. The number of piperidine rings is 1. The minimum absolute atomic E-state index is 0.197. The van der Waals surface area contributed by atoms with Gasteiger partial charge in [-0.2, -0.15) is 0 Å². The summed E-state index contributed by atoms with van der Waals surface area (Å²) in [5.41, 5.74) is 1.91. The minimum Gasteiger partial charge on any atom is -0.468 e. The number of hydrogen-bond donors (Lipinski definition) is 1. The molecule has 0 unspecified atom stereocenters. The largest absolute Gasteiger partial charge is 0.468 e. The van der Waals surface area contributed by atoms with Crippen LogP contribution in [0.4, 0.5) is 5.69 Å². The fourth-order valence-corrected chi connectivity index (χ4v) is 4.01. The Balaban J connectivity index is 1.73. The third-order valence-corrected chi connectivity index (χ3v) is 5.64. The highest BCUT2D eigenvalue weighted by Gasteiger charge is 2.54. The maximum atomic E-state index is 13.1. The Kier molecular flexibility index (Phi) is 3.75. The number of benzene rings is 2. The Morgan fingerprint density at radius 2 is 1.88 bits per heavy atom. The van der Waals surface area contributed by atoms with E-state index in [4.69, 9.17) is 4.74 Å². The Labute approximate surface area is 153 Å². The summed E-state index contributed by atoms with van der Waals surface area (Å²) in [6, 6.07) is 15.3. The number of fused-ring (bicyclic) bond motifs is 4. The molecule has 4 rings (SSSR count). The molecule has 2 aromatic carbocycles. The van der Waals surface area contributed by atoms with Gasteiger partial charge in [0.25, 0.3) is 0 Å². The number of para-hydroxylation sites is 2. The van der Waals surface area contributed by atoms with Crippen molar-refractivity contribution in [2.24, 2.45) is 5.92 Å². The van der Waals surface area contributed by atoms with Crippen LogP contribution in [-0.4, -0.2) is 29.5 Å². The number of carbonyl (C=O) groups is 2. The van der Waals surface area contributed by atoms with Gasteiger partial charge in [-0.25, -0.2) is 0 Å². The molecule has 0 aromatic heterocycles. The topological polar surface area (TPSA) is 58.6 Å². The molecule has 3 atom stereocenters. The lowest BCUT2D eigenvalue weighted by atomic mass is 9.73. The maximum Gasteiger partial charge on any atom is 0.238 e. The third-order valence-electron chi connectivity index (χ3n) is 5.64. The number of likely N-dealkylation sites (tertiary alicyclic amines) is 1. The number of rotatable bonds is 2. The number of nitrogens with one attached hydrogen (secondary N) is 1. The van der Waals surface area contributed by atoms with Crippen molar-refractivity contribution in [1.29, 1.82) is 0 Å². The van der Waals surface area contributed by atoms with Crippen LogP contribution in [0.3, 0.4) is 0 Å². The average molecular weight is 350 g/mol. The normalized spacial score (nSPS) is 26.7. The molecule has 5 heteroatoms. The average Bonchev–Trinajstić information content (AvgIpc) is 2.62. The standard InChI is InChI=1S/C21H22N2O3/c1-13-8-4-6-10-16(13)22-19(24)18-15-12-21(2,23(3)20(18)25)26-17-11-7-5-9-14(15)17/h4-11,15,18H,12H2,1-3H3,(H,22,24)/t15-,18+,21+/m0/s1. The number of aryl methyl sites for hydroxylation is 1. The van der Waals surface area contributed by atoms with Crippen LogP contribution in [0, 0.1) is 12.8 Å². The summed E-state index contributed by atoms with van der Waals surface area (Å²) in [4.78, 5) is 27.7. The summed E-state index contributed by atoms with van der Waals surface area (Å²) < 4.78 is 6.11. The Hall–Kier alpha value is -2.82. The van der Waals surface area contributed by atoms with Crippen LogP contribution in [0.2, 0.25) is 0 Å². The smallest absolute Gasteiger partial charge is 0.238 e. The number of hydrogen-bond acceptors (Lipinski definition) is 3. The molecule has 2 heterocycles. The van der Waals surface area contributed by atoms with Gasteiger partial charge in [-0.05, 0) is 37.1 Å². The van der Waals surface area contributed by atoms with E-state index in [1.165, 1.54) is 0 Å². The third kappa shape index (κ3) is 2.46. The van der Waals surface area contributed by atoms with Crippen molar-refractivity contribution in [2.75, 3.05) is 12.4 Å². The van der Waals surface area contributed by atoms with E-state index < -0.39 is 11.6 Å². The molecule has 2 aliphatic heterocycles. The molecule has 2 bridgehead atoms. The van der Waals surface area contributed by atoms with Crippen molar-refractivity contribution in [2.45, 2.75) is 31.9 Å². The molecule has 0 aliphatic carbocycles. The van der Waals surface area contributed by atoms with Crippen LogP contribution in [0.1, 0.15) is 30.4 Å². The molecule has 26 heavy (non-hydrogen) atoms. The molecule has 1 saturated heterocycles. The minimum atomic E-state index is -0.766. The number of nitrogens with zero attached hydrogens (tertiary/aromatic N) is 1. The van der Waals surface area contributed by atoms with Gasteiger partial charge in [0.1, 0.15) is 11.7 Å². The maximum absolute atomic E-state index is 13.1. The van der Waals surface area contributed by atoms with E-state index in [-0.39, 0.29) is 17.7 Å². The predicted molar refractivity (Wildman–Crippen MR) is 98.9 cm³/mol. The Morgan fingerprint density at radius 3 is 2.65 bits per heavy atom. The van der Waals surface area contributed by atoms with Crippen molar-refractivity contribution < 1.29 is 14.3 Å². The number of anilines is 1. The summed E-state index contributed by atoms with van der Waals surface area (Å²) in [6.07, 6.45) is 0.595. The first-order valence-corrected chi connectivity index (χ1v) is 8.83. The quantitative estimate of drug-likeness (QED) is 0.846. The Morgan fingerprint density at radius 1 is 1.19 bits per heavy atom. The lowest BCUT2D eigenvalue weighted by molar-refractivity contribution is -0.170. The SMILES string of the molecule is Cc1ccccc1NC(=O)[C@@H]1C(=O)N(C)[C@@]2(C)C[C@H]1c1ccccc1O2. The summed E-state index contributed by atoms with van der Waals surface area (Å²) in [6.45, 7) is 3.84. The molecule has 2 amide bonds. The van der Waals surface area contributed by atoms with Crippen LogP contribution >= 0.6 is 0 Å². The highest BCUT2D eigenvalue weighted by atomic mass is 16.5. The van der Waals surface area contributed by atoms with Gasteiger partial charge in [0.2, 0.25) is 11.8 Å². The van der Waals surface area contributed by atoms with Gasteiger partial charge in [0.05, 0.1) is 0 Å². The molecule has 5 nitrogen and oxygen atoms in total. The molecule has 0 radical (unpaired) electrons. The Bertz CT molecular complexity index is 894. The first-order valence-electron chi connectivity index (χ1n) is 8.83. The molecule has 1 N–H and O–H groups in total. The molecular formula is C21H22N2O3. The summed E-state index contributed by atoms with van der Waals surface area (Å²) in [7, 11) is 1.71. The second kappa shape index (κ2) is 5.87. The molecule has 2 aromatic rings. The first-order chi connectivity index (χ1) is 12.4. The fourth-order valence-electron chi connectivity index (χ4n) is 4.01. The molecule has 134 valence electrons. The molecule has 1 fully saturated rings. The van der Waals surface area contributed by atoms with Gasteiger partial charge in [-0.1, -0.05) is 36.4 Å². The van der Waals surface area contributed by atoms with E-state index in [1.54, 1.807) is 11.9 Å². The molecule has 0 spiro atoms. The first kappa shape index (κ1) is 16.6. The van der Waals surface area contributed by atoms with E-state index in [2.05, 4.69) is 5.32 Å². The van der Waals surface area contributed by atoms with Gasteiger partial charge >= 0.3 is 0 Å². The fraction of sp³-hybridized carbons (Fsp3) is 0.333. The molecule has 2 aliphatic rings. The lowest BCUT2D eigenvalue weighted by Gasteiger charge is -2.51. The van der Waals surface area contributed by atoms with Gasteiger partial charge in [0, 0.05) is 25.1 Å². The van der Waals surface area contributed by atoms with Crippen LogP contribution in [0.15, 0.2) is 48.5 Å². The van der Waals surface area contributed by atoms with Crippen molar-refractivity contribution in [3.8, 4) is 5.75 Å². The monoisotopic (exact) mass is 350 g/mol. The zero-order valence-corrected chi connectivity index (χ0v) is 15.2. The van der Waals surface area contributed by atoms with E-state index in [1.807, 2.05) is 62.4 Å². The number of amides is 2. The second-order valence-electron chi connectivity index (χ2n) is 7.30. The van der Waals surface area contributed by atoms with Crippen molar-refractivity contribution in [3.05, 3.63) is 59.7 Å². The van der Waals surface area contributed by atoms with Crippen LogP contribution in [0.5, 0.6) is 5.75 Å². The van der Waals surface area contributed by atoms with Crippen LogP contribution in [-0.2, 0) is 9.59 Å². The summed E-state index contributed by atoms with van der Waals surface area (Å²) in [5, 5.41) is 2.95. The zero-order valence-electron chi connectivity index (χ0n) is 15.2. The van der Waals surface area contributed by atoms with Gasteiger partial charge < -0.3 is 15.0 Å². The van der Waals surface area contributed by atoms with E-state index >= 15 is 0 Å². The van der Waals surface area contributed by atoms with Gasteiger partial charge in [-0.15, -0.1) is 0 Å². The van der Waals surface area contributed by atoms with Crippen molar-refractivity contribution in [1.82, 2.24) is 4.90 Å². The van der Waals surface area contributed by atoms with Crippen LogP contribution < -0.4 is 10.1 Å². The van der Waals surface area contributed by atoms with Crippen molar-refractivity contribution >= 4 is 17.5 Å². The molecule has 0 saturated carbocycles. The molecular weight excluding hydrogens is 328 g/mol. The summed E-state index contributed by atoms with van der Waals surface area (Å²) >= 11 is 0. The van der Waals surface area contributed by atoms with Gasteiger partial charge in [0.15, 0.2) is 5.72 Å². The zero-order chi connectivity index (χ0) is 18.5. The van der Waals surface area contributed by atoms with Gasteiger partial charge in [-0.3, -0.25) is 9.59 Å². The lowest BCUT2D eigenvalue weighted by Crippen LogP contribution is -2.62. The summed E-state index contributed by atoms with van der Waals surface area (Å²) in [5.74, 6) is -0.682. The van der Waals surface area contributed by atoms with E-state index in [0.29, 0.717) is 6.42 Å². The number of carbonyl (C=O) groups excluding carboxylic acids is 2. The van der Waals surface area contributed by atoms with Crippen molar-refractivity contribution in [3.63, 3.8) is 0 Å². The van der Waals surface area contributed by atoms with Crippen LogP contribution in [0.25, 0.3) is 0 Å². The highest BCUT2D eigenvalue weighted by Crippen LogP contribution is 2.49. The van der Waals surface area contributed by atoms with E-state index in [0.717, 1.165) is 22.6 Å². The number of ether oxygens (including phenoxy) is 1. The second-order valence-corrected chi connectivity index (χ2v) is 7.30. The highest BCUT2D eigenvalue weighted by molar-refractivity contribution is 6.08. The van der Waals surface area contributed by atoms with E-state index in [9.17, 15) is 9.59 Å².